The average molecular weight is 156 g/mol. The molecule has 10 heavy (non-hydrogen) atoms. The van der Waals surface area contributed by atoms with Crippen LogP contribution in [0.2, 0.25) is 0 Å². The minimum atomic E-state index is -0.182. The highest BCUT2D eigenvalue weighted by molar-refractivity contribution is 6.24. The van der Waals surface area contributed by atoms with E-state index >= 15 is 0 Å². The molecule has 3 nitrogen and oxygen atoms in total. The molecule has 0 radical (unpaired) electrons. The van der Waals surface area contributed by atoms with Gasteiger partial charge >= 0.3 is 0 Å². The van der Waals surface area contributed by atoms with Gasteiger partial charge < -0.3 is 5.32 Å². The van der Waals surface area contributed by atoms with E-state index in [1.807, 2.05) is 6.08 Å². The smallest absolute Gasteiger partial charge is 0.138 e. The number of rotatable bonds is 0. The number of hydrogen-bond acceptors (Lipinski definition) is 3. The van der Waals surface area contributed by atoms with Crippen LogP contribution in [0.15, 0.2) is 22.3 Å². The van der Waals surface area contributed by atoms with E-state index < -0.39 is 0 Å². The first-order chi connectivity index (χ1) is 4.88. The summed E-state index contributed by atoms with van der Waals surface area (Å²) in [5, 5.41) is 2.92. The highest BCUT2D eigenvalue weighted by Crippen LogP contribution is 2.20. The molecule has 0 spiro atoms. The first-order valence-electron chi connectivity index (χ1n) is 3.04. The van der Waals surface area contributed by atoms with E-state index in [1.165, 1.54) is 0 Å². The molecule has 0 fully saturated rings. The molecule has 2 unspecified atom stereocenters. The Morgan fingerprint density at radius 1 is 1.60 bits per heavy atom. The third kappa shape index (κ3) is 0.743. The number of nitrogens with one attached hydrogen (secondary N) is 1. The summed E-state index contributed by atoms with van der Waals surface area (Å²) < 4.78 is 0. The van der Waals surface area contributed by atoms with Crippen LogP contribution in [0.5, 0.6) is 0 Å². The predicted molar refractivity (Wildman–Crippen MR) is 41.3 cm³/mol. The van der Waals surface area contributed by atoms with E-state index in [0.29, 0.717) is 0 Å². The van der Waals surface area contributed by atoms with E-state index in [0.717, 1.165) is 5.84 Å². The number of fused-ring (bicyclic) bond motifs is 1. The summed E-state index contributed by atoms with van der Waals surface area (Å²) in [5.41, 5.74) is -0.182. The zero-order valence-electron chi connectivity index (χ0n) is 5.16. The number of alkyl halides is 1. The van der Waals surface area contributed by atoms with Crippen molar-refractivity contribution in [1.29, 1.82) is 0 Å². The third-order valence-electron chi connectivity index (χ3n) is 1.55. The number of aliphatic imine (C=N–C) groups is 2. The summed E-state index contributed by atoms with van der Waals surface area (Å²) >= 11 is 5.85. The summed E-state index contributed by atoms with van der Waals surface area (Å²) in [5.74, 6) is 1.06. The van der Waals surface area contributed by atoms with Gasteiger partial charge in [0.1, 0.15) is 11.3 Å². The van der Waals surface area contributed by atoms with Gasteiger partial charge in [-0.2, -0.15) is 0 Å². The quantitative estimate of drug-likeness (QED) is 0.406. The lowest BCUT2D eigenvalue weighted by molar-refractivity contribution is 0.772. The van der Waals surface area contributed by atoms with E-state index in [2.05, 4.69) is 15.3 Å². The van der Waals surface area contributed by atoms with Crippen LogP contribution in [0.3, 0.4) is 0 Å². The van der Waals surface area contributed by atoms with Crippen molar-refractivity contribution in [1.82, 2.24) is 5.32 Å². The van der Waals surface area contributed by atoms with Crippen LogP contribution in [-0.2, 0) is 0 Å². The summed E-state index contributed by atoms with van der Waals surface area (Å²) in [7, 11) is 0. The number of hydrogen-bond donors (Lipinski definition) is 1. The first-order valence-corrected chi connectivity index (χ1v) is 3.48. The molecule has 4 heteroatoms. The van der Waals surface area contributed by atoms with E-state index in [-0.39, 0.29) is 11.4 Å². The molecule has 0 saturated heterocycles. The van der Waals surface area contributed by atoms with Gasteiger partial charge in [0.15, 0.2) is 0 Å². The largest absolute Gasteiger partial charge is 0.334 e. The second-order valence-corrected chi connectivity index (χ2v) is 2.62. The molecular formula is C6H6ClN3. The fraction of sp³-hybridized carbons (Fsp3) is 0.333. The highest BCUT2D eigenvalue weighted by Gasteiger charge is 2.26. The van der Waals surface area contributed by atoms with Gasteiger partial charge in [0, 0.05) is 6.20 Å². The van der Waals surface area contributed by atoms with Crippen molar-refractivity contribution in [3.8, 4) is 0 Å². The van der Waals surface area contributed by atoms with Gasteiger partial charge in [0.2, 0.25) is 0 Å². The number of halogens is 1. The summed E-state index contributed by atoms with van der Waals surface area (Å²) in [6, 6.07) is 0. The Kier molecular flexibility index (Phi) is 1.24. The zero-order valence-corrected chi connectivity index (χ0v) is 5.92. The minimum Gasteiger partial charge on any atom is -0.334 e. The number of nitrogens with zero attached hydrogens (tertiary/aromatic N) is 2. The van der Waals surface area contributed by atoms with Gasteiger partial charge in [-0.1, -0.05) is 17.7 Å². The molecule has 1 N–H and O–H groups in total. The fourth-order valence-corrected chi connectivity index (χ4v) is 1.28. The van der Waals surface area contributed by atoms with Crippen molar-refractivity contribution in [3.63, 3.8) is 0 Å². The van der Waals surface area contributed by atoms with Crippen LogP contribution in [0, 0.1) is 5.92 Å². The van der Waals surface area contributed by atoms with Crippen LogP contribution in [-0.4, -0.2) is 17.7 Å². The molecule has 2 heterocycles. The highest BCUT2D eigenvalue weighted by atomic mass is 35.5. The van der Waals surface area contributed by atoms with Gasteiger partial charge in [-0.3, -0.25) is 4.99 Å². The Hall–Kier alpha value is -0.830. The van der Waals surface area contributed by atoms with Gasteiger partial charge in [-0.25, -0.2) is 4.99 Å². The lowest BCUT2D eigenvalue weighted by Gasteiger charge is -2.18. The van der Waals surface area contributed by atoms with Crippen molar-refractivity contribution in [2.24, 2.45) is 15.9 Å². The predicted octanol–water partition coefficient (Wildman–Crippen LogP) is 0.725. The van der Waals surface area contributed by atoms with E-state index in [4.69, 9.17) is 11.6 Å². The van der Waals surface area contributed by atoms with Gasteiger partial charge in [-0.15, -0.1) is 0 Å². The SMILES string of the molecule is ClC1N=CNC2=NC=CC21. The maximum absolute atomic E-state index is 5.85. The lowest BCUT2D eigenvalue weighted by atomic mass is 10.1. The minimum absolute atomic E-state index is 0.159. The third-order valence-corrected chi connectivity index (χ3v) is 1.93. The maximum Gasteiger partial charge on any atom is 0.138 e. The zero-order chi connectivity index (χ0) is 6.97. The molecule has 0 aromatic rings. The van der Waals surface area contributed by atoms with Crippen LogP contribution >= 0.6 is 11.6 Å². The summed E-state index contributed by atoms with van der Waals surface area (Å²) in [6.07, 6.45) is 5.27. The van der Waals surface area contributed by atoms with Gasteiger partial charge in [0.25, 0.3) is 0 Å². The molecular weight excluding hydrogens is 150 g/mol. The molecule has 0 aromatic carbocycles. The molecule has 0 bridgehead atoms. The fourth-order valence-electron chi connectivity index (χ4n) is 1.02. The van der Waals surface area contributed by atoms with Crippen LogP contribution < -0.4 is 5.32 Å². The molecule has 2 atom stereocenters. The average Bonchev–Trinajstić information content (AvgIpc) is 2.36. The van der Waals surface area contributed by atoms with Crippen molar-refractivity contribution >= 4 is 23.8 Å². The molecule has 2 aliphatic heterocycles. The summed E-state index contributed by atoms with van der Waals surface area (Å²) in [4.78, 5) is 8.03. The normalized spacial score (nSPS) is 35.1. The van der Waals surface area contributed by atoms with Crippen LogP contribution in [0.25, 0.3) is 0 Å². The van der Waals surface area contributed by atoms with Gasteiger partial charge in [0.05, 0.1) is 12.3 Å². The van der Waals surface area contributed by atoms with Crippen molar-refractivity contribution < 1.29 is 0 Å². The molecule has 52 valence electrons. The Balaban J connectivity index is 2.31. The maximum atomic E-state index is 5.85. The van der Waals surface area contributed by atoms with Crippen LogP contribution in [0.1, 0.15) is 0 Å². The Labute approximate surface area is 63.5 Å². The lowest BCUT2D eigenvalue weighted by Crippen LogP contribution is -2.36. The Morgan fingerprint density at radius 2 is 2.50 bits per heavy atom. The molecule has 2 rings (SSSR count). The van der Waals surface area contributed by atoms with E-state index in [9.17, 15) is 0 Å². The second-order valence-electron chi connectivity index (χ2n) is 2.18. The molecule has 0 aliphatic carbocycles. The van der Waals surface area contributed by atoms with Crippen molar-refractivity contribution in [2.75, 3.05) is 0 Å². The Bertz CT molecular complexity index is 231. The second kappa shape index (κ2) is 2.09. The molecule has 2 aliphatic rings. The van der Waals surface area contributed by atoms with Gasteiger partial charge in [-0.05, 0) is 0 Å². The van der Waals surface area contributed by atoms with Crippen molar-refractivity contribution in [2.45, 2.75) is 5.50 Å². The molecule has 0 amide bonds. The Morgan fingerprint density at radius 3 is 3.30 bits per heavy atom. The van der Waals surface area contributed by atoms with Crippen molar-refractivity contribution in [3.05, 3.63) is 12.3 Å². The standard InChI is InChI=1S/C6H6ClN3/c7-5-4-1-2-8-6(4)10-3-9-5/h1-5H,(H,8,9,10). The topological polar surface area (TPSA) is 36.8 Å². The molecule has 0 saturated carbocycles. The van der Waals surface area contributed by atoms with E-state index in [1.54, 1.807) is 12.5 Å². The first kappa shape index (κ1) is 5.92. The molecule has 0 aromatic heterocycles. The summed E-state index contributed by atoms with van der Waals surface area (Å²) in [6.45, 7) is 0. The number of amidine groups is 1. The monoisotopic (exact) mass is 155 g/mol. The van der Waals surface area contributed by atoms with Crippen LogP contribution in [0.4, 0.5) is 0 Å².